The summed E-state index contributed by atoms with van der Waals surface area (Å²) in [6, 6.07) is 8.98. The van der Waals surface area contributed by atoms with Crippen LogP contribution < -0.4 is 10.6 Å². The van der Waals surface area contributed by atoms with Gasteiger partial charge in [0.05, 0.1) is 11.7 Å². The van der Waals surface area contributed by atoms with Gasteiger partial charge in [0.25, 0.3) is 0 Å². The number of hydrogen-bond acceptors (Lipinski definition) is 2. The molecular weight excluding hydrogens is 386 g/mol. The number of urea groups is 1. The molecule has 2 amide bonds. The minimum absolute atomic E-state index is 0.0905. The molecule has 1 aromatic carbocycles. The number of carbonyl (C=O) groups excluding carboxylic acids is 1. The average Bonchev–Trinajstić information content (AvgIpc) is 2.43. The van der Waals surface area contributed by atoms with Crippen LogP contribution >= 0.6 is 31.9 Å². The van der Waals surface area contributed by atoms with E-state index in [0.29, 0.717) is 5.69 Å². The van der Waals surface area contributed by atoms with Gasteiger partial charge in [-0.15, -0.1) is 0 Å². The minimum atomic E-state index is -0.252. The molecule has 4 nitrogen and oxygen atoms in total. The first kappa shape index (κ1) is 15.0. The topological polar surface area (TPSA) is 54.0 Å². The SMILES string of the molecule is CC(NC(=O)Nc1ccc(Br)cc1Br)c1ccncc1. The van der Waals surface area contributed by atoms with E-state index >= 15 is 0 Å². The van der Waals surface area contributed by atoms with Gasteiger partial charge in [-0.1, -0.05) is 15.9 Å². The van der Waals surface area contributed by atoms with Crippen LogP contribution in [0.4, 0.5) is 10.5 Å². The fourth-order valence-electron chi connectivity index (χ4n) is 1.68. The lowest BCUT2D eigenvalue weighted by molar-refractivity contribution is 0.249. The fourth-order valence-corrected chi connectivity index (χ4v) is 2.83. The van der Waals surface area contributed by atoms with E-state index in [2.05, 4.69) is 47.5 Å². The van der Waals surface area contributed by atoms with Crippen LogP contribution in [0.5, 0.6) is 0 Å². The number of amides is 2. The van der Waals surface area contributed by atoms with E-state index in [1.165, 1.54) is 0 Å². The Balaban J connectivity index is 1.99. The molecule has 0 fully saturated rings. The molecule has 2 N–H and O–H groups in total. The van der Waals surface area contributed by atoms with Gasteiger partial charge in [-0.05, 0) is 58.7 Å². The van der Waals surface area contributed by atoms with E-state index in [9.17, 15) is 4.79 Å². The van der Waals surface area contributed by atoms with Crippen molar-refractivity contribution in [2.24, 2.45) is 0 Å². The van der Waals surface area contributed by atoms with Gasteiger partial charge in [-0.2, -0.15) is 0 Å². The summed E-state index contributed by atoms with van der Waals surface area (Å²) in [6.45, 7) is 1.92. The zero-order valence-electron chi connectivity index (χ0n) is 10.7. The Bertz CT molecular complexity index is 605. The third kappa shape index (κ3) is 4.05. The molecule has 0 saturated carbocycles. The summed E-state index contributed by atoms with van der Waals surface area (Å²) in [5, 5.41) is 5.68. The van der Waals surface area contributed by atoms with Crippen molar-refractivity contribution in [3.05, 3.63) is 57.2 Å². The first-order valence-corrected chi connectivity index (χ1v) is 7.57. The van der Waals surface area contributed by atoms with E-state index in [-0.39, 0.29) is 12.1 Å². The molecule has 0 aliphatic carbocycles. The van der Waals surface area contributed by atoms with Crippen molar-refractivity contribution < 1.29 is 4.79 Å². The van der Waals surface area contributed by atoms with Gasteiger partial charge in [-0.3, -0.25) is 4.98 Å². The molecule has 1 atom stereocenters. The fraction of sp³-hybridized carbons (Fsp3) is 0.143. The van der Waals surface area contributed by atoms with Gasteiger partial charge < -0.3 is 10.6 Å². The molecule has 2 rings (SSSR count). The average molecular weight is 399 g/mol. The second-order valence-electron chi connectivity index (χ2n) is 4.22. The highest BCUT2D eigenvalue weighted by Gasteiger charge is 2.10. The molecule has 2 aromatic rings. The van der Waals surface area contributed by atoms with E-state index in [1.807, 2.05) is 37.3 Å². The highest BCUT2D eigenvalue weighted by molar-refractivity contribution is 9.11. The molecule has 0 bridgehead atoms. The summed E-state index contributed by atoms with van der Waals surface area (Å²) in [5.74, 6) is 0. The van der Waals surface area contributed by atoms with Crippen LogP contribution in [0.15, 0.2) is 51.7 Å². The minimum Gasteiger partial charge on any atom is -0.331 e. The highest BCUT2D eigenvalue weighted by atomic mass is 79.9. The molecule has 1 unspecified atom stereocenters. The van der Waals surface area contributed by atoms with E-state index in [4.69, 9.17) is 0 Å². The predicted molar refractivity (Wildman–Crippen MR) is 86.6 cm³/mol. The Morgan fingerprint density at radius 1 is 1.20 bits per heavy atom. The Hall–Kier alpha value is -1.40. The maximum absolute atomic E-state index is 12.0. The van der Waals surface area contributed by atoms with Gasteiger partial charge in [0.1, 0.15) is 0 Å². The third-order valence-corrected chi connectivity index (χ3v) is 3.88. The molecule has 1 heterocycles. The lowest BCUT2D eigenvalue weighted by Crippen LogP contribution is -2.31. The lowest BCUT2D eigenvalue weighted by Gasteiger charge is -2.15. The van der Waals surface area contributed by atoms with Gasteiger partial charge in [-0.25, -0.2) is 4.79 Å². The second-order valence-corrected chi connectivity index (χ2v) is 5.99. The summed E-state index contributed by atoms with van der Waals surface area (Å²) >= 11 is 6.78. The number of aromatic nitrogens is 1. The Labute approximate surface area is 134 Å². The van der Waals surface area contributed by atoms with Crippen molar-refractivity contribution in [1.29, 1.82) is 0 Å². The molecule has 6 heteroatoms. The van der Waals surface area contributed by atoms with Gasteiger partial charge in [0.2, 0.25) is 0 Å². The van der Waals surface area contributed by atoms with Crippen LogP contribution in [-0.4, -0.2) is 11.0 Å². The molecular formula is C14H13Br2N3O. The van der Waals surface area contributed by atoms with Gasteiger partial charge in [0, 0.05) is 21.3 Å². The van der Waals surface area contributed by atoms with Crippen molar-refractivity contribution in [3.63, 3.8) is 0 Å². The lowest BCUT2D eigenvalue weighted by atomic mass is 10.1. The number of pyridine rings is 1. The molecule has 20 heavy (non-hydrogen) atoms. The van der Waals surface area contributed by atoms with Gasteiger partial charge in [0.15, 0.2) is 0 Å². The van der Waals surface area contributed by atoms with E-state index < -0.39 is 0 Å². The number of nitrogens with zero attached hydrogens (tertiary/aromatic N) is 1. The highest BCUT2D eigenvalue weighted by Crippen LogP contribution is 2.26. The molecule has 0 aliphatic rings. The van der Waals surface area contributed by atoms with Crippen LogP contribution in [0.1, 0.15) is 18.5 Å². The molecule has 1 aromatic heterocycles. The summed E-state index contributed by atoms with van der Waals surface area (Å²) in [6.07, 6.45) is 3.41. The quantitative estimate of drug-likeness (QED) is 0.800. The van der Waals surface area contributed by atoms with Crippen LogP contribution in [0.3, 0.4) is 0 Å². The molecule has 0 spiro atoms. The monoisotopic (exact) mass is 397 g/mol. The number of anilines is 1. The predicted octanol–water partition coefficient (Wildman–Crippen LogP) is 4.49. The number of carbonyl (C=O) groups is 1. The Kier molecular flexibility index (Phi) is 5.14. The van der Waals surface area contributed by atoms with Crippen LogP contribution in [0.25, 0.3) is 0 Å². The maximum atomic E-state index is 12.0. The van der Waals surface area contributed by atoms with Crippen LogP contribution in [0.2, 0.25) is 0 Å². The smallest absolute Gasteiger partial charge is 0.319 e. The number of halogens is 2. The maximum Gasteiger partial charge on any atom is 0.319 e. The standard InChI is InChI=1S/C14H13Br2N3O/c1-9(10-4-6-17-7-5-10)18-14(20)19-13-3-2-11(15)8-12(13)16/h2-9H,1H3,(H2,18,19,20). The number of hydrogen-bond donors (Lipinski definition) is 2. The first-order chi connectivity index (χ1) is 9.56. The Morgan fingerprint density at radius 2 is 1.90 bits per heavy atom. The van der Waals surface area contributed by atoms with Crippen molar-refractivity contribution in [3.8, 4) is 0 Å². The molecule has 0 saturated heterocycles. The molecule has 104 valence electrons. The zero-order valence-corrected chi connectivity index (χ0v) is 13.9. The normalized spacial score (nSPS) is 11.8. The van der Waals surface area contributed by atoms with Crippen molar-refractivity contribution in [2.75, 3.05) is 5.32 Å². The summed E-state index contributed by atoms with van der Waals surface area (Å²) in [5.41, 5.74) is 1.72. The van der Waals surface area contributed by atoms with E-state index in [1.54, 1.807) is 12.4 Å². The molecule has 0 radical (unpaired) electrons. The largest absolute Gasteiger partial charge is 0.331 e. The van der Waals surface area contributed by atoms with Crippen molar-refractivity contribution in [1.82, 2.24) is 10.3 Å². The van der Waals surface area contributed by atoms with E-state index in [0.717, 1.165) is 14.5 Å². The van der Waals surface area contributed by atoms with Crippen molar-refractivity contribution >= 4 is 43.6 Å². The Morgan fingerprint density at radius 3 is 2.55 bits per heavy atom. The van der Waals surface area contributed by atoms with Crippen LogP contribution in [0, 0.1) is 0 Å². The summed E-state index contributed by atoms with van der Waals surface area (Å²) in [7, 11) is 0. The van der Waals surface area contributed by atoms with Crippen LogP contribution in [-0.2, 0) is 0 Å². The third-order valence-electron chi connectivity index (χ3n) is 2.73. The van der Waals surface area contributed by atoms with Gasteiger partial charge >= 0.3 is 6.03 Å². The summed E-state index contributed by atoms with van der Waals surface area (Å²) in [4.78, 5) is 15.9. The number of nitrogens with one attached hydrogen (secondary N) is 2. The number of rotatable bonds is 3. The zero-order chi connectivity index (χ0) is 14.5. The van der Waals surface area contributed by atoms with Crippen molar-refractivity contribution in [2.45, 2.75) is 13.0 Å². The second kappa shape index (κ2) is 6.85. The summed E-state index contributed by atoms with van der Waals surface area (Å²) < 4.78 is 1.76. The number of benzene rings is 1. The molecule has 0 aliphatic heterocycles. The first-order valence-electron chi connectivity index (χ1n) is 5.99.